The lowest BCUT2D eigenvalue weighted by Gasteiger charge is -2.05. The SMILES string of the molecule is C[C@@H]1[C@H](C)OC(=O)[C@@H]1O. The standard InChI is InChI=1S/C6H10O3/c1-3-4(2)9-6(8)5(3)7/h3-5,7H,1-2H3/t3-,4+,5-/m1/s1. The fourth-order valence-corrected chi connectivity index (χ4v) is 0.832. The number of aliphatic hydroxyl groups is 1. The Balaban J connectivity index is 2.65. The van der Waals surface area contributed by atoms with Gasteiger partial charge >= 0.3 is 5.97 Å². The summed E-state index contributed by atoms with van der Waals surface area (Å²) < 4.78 is 4.70. The summed E-state index contributed by atoms with van der Waals surface area (Å²) in [6.07, 6.45) is -1.03. The van der Waals surface area contributed by atoms with Gasteiger partial charge in [-0.15, -0.1) is 0 Å². The molecule has 0 unspecified atom stereocenters. The molecule has 1 rings (SSSR count). The summed E-state index contributed by atoms with van der Waals surface area (Å²) in [7, 11) is 0. The second-order valence-electron chi connectivity index (χ2n) is 2.45. The van der Waals surface area contributed by atoms with Gasteiger partial charge in [0.15, 0.2) is 6.10 Å². The molecular weight excluding hydrogens is 120 g/mol. The van der Waals surface area contributed by atoms with Crippen LogP contribution in [0.4, 0.5) is 0 Å². The van der Waals surface area contributed by atoms with Gasteiger partial charge in [0, 0.05) is 5.92 Å². The van der Waals surface area contributed by atoms with Crippen LogP contribution >= 0.6 is 0 Å². The molecule has 3 nitrogen and oxygen atoms in total. The van der Waals surface area contributed by atoms with Crippen molar-refractivity contribution in [3.8, 4) is 0 Å². The minimum absolute atomic E-state index is 0.0579. The first-order valence-electron chi connectivity index (χ1n) is 3.01. The van der Waals surface area contributed by atoms with Gasteiger partial charge in [-0.25, -0.2) is 4.79 Å². The molecule has 1 fully saturated rings. The van der Waals surface area contributed by atoms with Gasteiger partial charge in [-0.1, -0.05) is 6.92 Å². The van der Waals surface area contributed by atoms with Crippen LogP contribution in [0.2, 0.25) is 0 Å². The van der Waals surface area contributed by atoms with Gasteiger partial charge in [-0.3, -0.25) is 0 Å². The van der Waals surface area contributed by atoms with Crippen molar-refractivity contribution in [2.45, 2.75) is 26.1 Å². The van der Waals surface area contributed by atoms with E-state index in [-0.39, 0.29) is 12.0 Å². The Morgan fingerprint density at radius 2 is 2.11 bits per heavy atom. The Bertz CT molecular complexity index is 132. The average Bonchev–Trinajstić information content (AvgIpc) is 1.98. The lowest BCUT2D eigenvalue weighted by molar-refractivity contribution is -0.146. The molecule has 1 heterocycles. The molecule has 0 aromatic rings. The van der Waals surface area contributed by atoms with Gasteiger partial charge in [0.05, 0.1) is 0 Å². The van der Waals surface area contributed by atoms with Crippen molar-refractivity contribution in [2.75, 3.05) is 0 Å². The maximum atomic E-state index is 10.5. The van der Waals surface area contributed by atoms with Gasteiger partial charge in [-0.2, -0.15) is 0 Å². The van der Waals surface area contributed by atoms with E-state index in [1.807, 2.05) is 0 Å². The highest BCUT2D eigenvalue weighted by Gasteiger charge is 2.37. The fourth-order valence-electron chi connectivity index (χ4n) is 0.832. The number of aliphatic hydroxyl groups excluding tert-OH is 1. The van der Waals surface area contributed by atoms with Crippen molar-refractivity contribution >= 4 is 5.97 Å². The second-order valence-corrected chi connectivity index (χ2v) is 2.45. The monoisotopic (exact) mass is 130 g/mol. The van der Waals surface area contributed by atoms with E-state index in [0.717, 1.165) is 0 Å². The Morgan fingerprint density at radius 3 is 2.22 bits per heavy atom. The van der Waals surface area contributed by atoms with Gasteiger partial charge < -0.3 is 9.84 Å². The van der Waals surface area contributed by atoms with E-state index in [1.54, 1.807) is 13.8 Å². The third-order valence-corrected chi connectivity index (χ3v) is 1.78. The van der Waals surface area contributed by atoms with Crippen LogP contribution in [-0.2, 0) is 9.53 Å². The van der Waals surface area contributed by atoms with Crippen molar-refractivity contribution in [1.82, 2.24) is 0 Å². The van der Waals surface area contributed by atoms with E-state index >= 15 is 0 Å². The minimum atomic E-state index is -0.903. The molecule has 0 aromatic carbocycles. The molecule has 0 aliphatic carbocycles. The number of carbonyl (C=O) groups excluding carboxylic acids is 1. The molecule has 0 radical (unpaired) electrons. The molecule has 0 amide bonds. The Morgan fingerprint density at radius 1 is 1.56 bits per heavy atom. The van der Waals surface area contributed by atoms with Crippen molar-refractivity contribution in [3.63, 3.8) is 0 Å². The molecule has 3 heteroatoms. The zero-order chi connectivity index (χ0) is 7.02. The smallest absolute Gasteiger partial charge is 0.335 e. The van der Waals surface area contributed by atoms with Crippen molar-refractivity contribution in [1.29, 1.82) is 0 Å². The number of rotatable bonds is 0. The van der Waals surface area contributed by atoms with E-state index in [4.69, 9.17) is 9.84 Å². The van der Waals surface area contributed by atoms with Crippen molar-refractivity contribution < 1.29 is 14.6 Å². The first-order valence-corrected chi connectivity index (χ1v) is 3.01. The van der Waals surface area contributed by atoms with Gasteiger partial charge in [-0.05, 0) is 6.92 Å². The van der Waals surface area contributed by atoms with Gasteiger partial charge in [0.2, 0.25) is 0 Å². The third kappa shape index (κ3) is 0.920. The Kier molecular flexibility index (Phi) is 1.45. The maximum absolute atomic E-state index is 10.5. The molecule has 1 aliphatic rings. The molecular formula is C6H10O3. The third-order valence-electron chi connectivity index (χ3n) is 1.78. The predicted molar refractivity (Wildman–Crippen MR) is 30.7 cm³/mol. The van der Waals surface area contributed by atoms with Crippen LogP contribution in [-0.4, -0.2) is 23.3 Å². The molecule has 3 atom stereocenters. The number of cyclic esters (lactones) is 1. The summed E-state index contributed by atoms with van der Waals surface area (Å²) in [5.74, 6) is -0.549. The van der Waals surface area contributed by atoms with Crippen molar-refractivity contribution in [2.24, 2.45) is 5.92 Å². The molecule has 9 heavy (non-hydrogen) atoms. The number of hydrogen-bond acceptors (Lipinski definition) is 3. The average molecular weight is 130 g/mol. The van der Waals surface area contributed by atoms with Crippen molar-refractivity contribution in [3.05, 3.63) is 0 Å². The summed E-state index contributed by atoms with van der Waals surface area (Å²) in [6, 6.07) is 0. The second kappa shape index (κ2) is 1.99. The highest BCUT2D eigenvalue weighted by Crippen LogP contribution is 2.20. The summed E-state index contributed by atoms with van der Waals surface area (Å²) in [6.45, 7) is 3.57. The number of hydrogen-bond donors (Lipinski definition) is 1. The van der Waals surface area contributed by atoms with Crippen LogP contribution in [0.15, 0.2) is 0 Å². The maximum Gasteiger partial charge on any atom is 0.335 e. The van der Waals surface area contributed by atoms with E-state index in [0.29, 0.717) is 0 Å². The zero-order valence-corrected chi connectivity index (χ0v) is 5.50. The minimum Gasteiger partial charge on any atom is -0.460 e. The summed E-state index contributed by atoms with van der Waals surface area (Å²) in [5.41, 5.74) is 0. The van der Waals surface area contributed by atoms with E-state index < -0.39 is 12.1 Å². The predicted octanol–water partition coefficient (Wildman–Crippen LogP) is -0.0713. The first-order chi connectivity index (χ1) is 4.13. The van der Waals surface area contributed by atoms with Gasteiger partial charge in [0.25, 0.3) is 0 Å². The summed E-state index contributed by atoms with van der Waals surface area (Å²) >= 11 is 0. The van der Waals surface area contributed by atoms with Crippen LogP contribution < -0.4 is 0 Å². The van der Waals surface area contributed by atoms with Crippen LogP contribution in [0.5, 0.6) is 0 Å². The molecule has 0 spiro atoms. The summed E-state index contributed by atoms with van der Waals surface area (Å²) in [4.78, 5) is 10.5. The largest absolute Gasteiger partial charge is 0.460 e. The van der Waals surface area contributed by atoms with E-state index in [9.17, 15) is 4.79 Å². The molecule has 1 aliphatic heterocycles. The quantitative estimate of drug-likeness (QED) is 0.467. The van der Waals surface area contributed by atoms with Crippen LogP contribution in [0.25, 0.3) is 0 Å². The fraction of sp³-hybridized carbons (Fsp3) is 0.833. The first kappa shape index (κ1) is 6.55. The summed E-state index contributed by atoms with van der Waals surface area (Å²) in [5, 5.41) is 8.96. The van der Waals surface area contributed by atoms with E-state index in [1.165, 1.54) is 0 Å². The highest BCUT2D eigenvalue weighted by atomic mass is 16.6. The van der Waals surface area contributed by atoms with Crippen LogP contribution in [0, 0.1) is 5.92 Å². The Hall–Kier alpha value is -0.570. The molecule has 0 saturated carbocycles. The van der Waals surface area contributed by atoms with Gasteiger partial charge in [0.1, 0.15) is 6.10 Å². The normalized spacial score (nSPS) is 43.0. The molecule has 0 bridgehead atoms. The van der Waals surface area contributed by atoms with E-state index in [2.05, 4.69) is 0 Å². The number of carbonyl (C=O) groups is 1. The number of esters is 1. The topological polar surface area (TPSA) is 46.5 Å². The number of ether oxygens (including phenoxy) is 1. The molecule has 1 N–H and O–H groups in total. The lowest BCUT2D eigenvalue weighted by Crippen LogP contribution is -2.20. The zero-order valence-electron chi connectivity index (χ0n) is 5.50. The molecule has 0 aromatic heterocycles. The highest BCUT2D eigenvalue weighted by molar-refractivity contribution is 5.77. The van der Waals surface area contributed by atoms with Crippen LogP contribution in [0.3, 0.4) is 0 Å². The molecule has 1 saturated heterocycles. The Labute approximate surface area is 53.6 Å². The van der Waals surface area contributed by atoms with Crippen LogP contribution in [0.1, 0.15) is 13.8 Å². The lowest BCUT2D eigenvalue weighted by atomic mass is 10.0. The molecule has 52 valence electrons.